The van der Waals surface area contributed by atoms with Crippen molar-refractivity contribution in [2.24, 2.45) is 5.10 Å². The number of carbonyl (C=O) groups is 1. The van der Waals surface area contributed by atoms with Gasteiger partial charge in [0.25, 0.3) is 5.91 Å². The van der Waals surface area contributed by atoms with Crippen LogP contribution in [0.5, 0.6) is 0 Å². The number of hydrogen-bond acceptors (Lipinski definition) is 5. The molecule has 2 atom stereocenters. The highest BCUT2D eigenvalue weighted by molar-refractivity contribution is 8.14. The maximum absolute atomic E-state index is 13.4. The molecule has 0 aromatic heterocycles. The van der Waals surface area contributed by atoms with Crippen molar-refractivity contribution in [3.63, 3.8) is 0 Å². The minimum absolute atomic E-state index is 0.132. The van der Waals surface area contributed by atoms with Crippen LogP contribution < -0.4 is 10.6 Å². The molecule has 7 heteroatoms. The summed E-state index contributed by atoms with van der Waals surface area (Å²) in [5.41, 5.74) is 2.56. The summed E-state index contributed by atoms with van der Waals surface area (Å²) in [6.07, 6.45) is 1.38. The van der Waals surface area contributed by atoms with Crippen molar-refractivity contribution >= 4 is 28.5 Å². The molecule has 26 heavy (non-hydrogen) atoms. The van der Waals surface area contributed by atoms with Gasteiger partial charge in [0.05, 0.1) is 0 Å². The van der Waals surface area contributed by atoms with Crippen molar-refractivity contribution in [1.82, 2.24) is 10.3 Å². The summed E-state index contributed by atoms with van der Waals surface area (Å²) in [5.74, 6) is 0.208. The number of nitrogens with one attached hydrogen (secondary N) is 2. The van der Waals surface area contributed by atoms with E-state index in [1.54, 1.807) is 23.2 Å². The van der Waals surface area contributed by atoms with Gasteiger partial charge in [0.15, 0.2) is 11.2 Å². The zero-order valence-corrected chi connectivity index (χ0v) is 14.7. The fourth-order valence-electron chi connectivity index (χ4n) is 3.14. The van der Waals surface area contributed by atoms with E-state index in [0.717, 1.165) is 16.8 Å². The molecule has 0 unspecified atom stereocenters. The molecule has 0 radical (unpaired) electrons. The van der Waals surface area contributed by atoms with Crippen LogP contribution in [0.1, 0.15) is 23.3 Å². The number of amides is 1. The number of hydrogen-bond donors (Lipinski definition) is 2. The summed E-state index contributed by atoms with van der Waals surface area (Å²) in [6.45, 7) is 3.70. The maximum atomic E-state index is 13.4. The third-order valence-corrected chi connectivity index (χ3v) is 5.14. The van der Waals surface area contributed by atoms with Gasteiger partial charge in [0.1, 0.15) is 12.0 Å². The van der Waals surface area contributed by atoms with Crippen molar-refractivity contribution in [2.45, 2.75) is 12.2 Å². The topological polar surface area (TPSA) is 56.7 Å². The summed E-state index contributed by atoms with van der Waals surface area (Å²) in [7, 11) is 0. The highest BCUT2D eigenvalue weighted by Crippen LogP contribution is 2.42. The molecule has 2 heterocycles. The zero-order valence-electron chi connectivity index (χ0n) is 13.9. The first-order valence-corrected chi connectivity index (χ1v) is 9.18. The van der Waals surface area contributed by atoms with Gasteiger partial charge in [-0.25, -0.2) is 4.39 Å². The fourth-order valence-corrected chi connectivity index (χ4v) is 3.74. The predicted octanol–water partition coefficient (Wildman–Crippen LogP) is 3.61. The number of carbonyl (C=O) groups excluding carboxylic acids is 1. The molecule has 0 saturated carbocycles. The standard InChI is InChI=1S/C19H17FN4OS/c1-2-11-26-19-22-18(25)16-14-5-3-4-6-15(14)21-17(24(16)23-19)12-7-9-13(20)10-8-12/h2-10,16-17,21H,1,11H2,(H,22,23,25)/t16-,17-/m1/s1. The van der Waals surface area contributed by atoms with Crippen LogP contribution >= 0.6 is 11.8 Å². The lowest BCUT2D eigenvalue weighted by Gasteiger charge is -2.43. The number of rotatable bonds is 3. The zero-order chi connectivity index (χ0) is 18.1. The average Bonchev–Trinajstić information content (AvgIpc) is 2.66. The molecule has 0 aliphatic carbocycles. The van der Waals surface area contributed by atoms with Crippen molar-refractivity contribution < 1.29 is 9.18 Å². The van der Waals surface area contributed by atoms with Crippen LogP contribution in [-0.2, 0) is 4.79 Å². The van der Waals surface area contributed by atoms with Crippen molar-refractivity contribution in [2.75, 3.05) is 11.1 Å². The molecule has 0 fully saturated rings. The molecule has 5 nitrogen and oxygen atoms in total. The van der Waals surface area contributed by atoms with Crippen LogP contribution in [0.2, 0.25) is 0 Å². The molecule has 2 aliphatic heterocycles. The first-order chi connectivity index (χ1) is 12.7. The first kappa shape index (κ1) is 16.7. The van der Waals surface area contributed by atoms with Crippen LogP contribution in [-0.4, -0.2) is 21.8 Å². The fraction of sp³-hybridized carbons (Fsp3) is 0.158. The van der Waals surface area contributed by atoms with Gasteiger partial charge in [0.2, 0.25) is 0 Å². The summed E-state index contributed by atoms with van der Waals surface area (Å²) in [6, 6.07) is 13.3. The van der Waals surface area contributed by atoms with E-state index in [2.05, 4.69) is 22.3 Å². The lowest BCUT2D eigenvalue weighted by molar-refractivity contribution is -0.127. The molecule has 4 rings (SSSR count). The van der Waals surface area contributed by atoms with Crippen LogP contribution in [0.25, 0.3) is 0 Å². The van der Waals surface area contributed by atoms with Crippen LogP contribution in [0.4, 0.5) is 10.1 Å². The molecule has 1 amide bonds. The lowest BCUT2D eigenvalue weighted by atomic mass is 9.97. The molecule has 0 spiro atoms. The Kier molecular flexibility index (Phi) is 4.38. The largest absolute Gasteiger partial charge is 0.360 e. The number of benzene rings is 2. The van der Waals surface area contributed by atoms with Crippen molar-refractivity contribution in [3.05, 3.63) is 78.1 Å². The number of thioether (sulfide) groups is 1. The highest BCUT2D eigenvalue weighted by Gasteiger charge is 2.41. The molecule has 132 valence electrons. The number of hydrazone groups is 1. The minimum atomic E-state index is -0.546. The van der Waals surface area contributed by atoms with E-state index in [0.29, 0.717) is 10.9 Å². The molecule has 2 aliphatic rings. The number of fused-ring (bicyclic) bond motifs is 3. The molecule has 2 aromatic rings. The second kappa shape index (κ2) is 6.84. The minimum Gasteiger partial charge on any atom is -0.360 e. The van der Waals surface area contributed by atoms with Gasteiger partial charge in [-0.15, -0.1) is 11.7 Å². The lowest BCUT2D eigenvalue weighted by Crippen LogP contribution is -2.50. The molecular formula is C19H17FN4OS. The van der Waals surface area contributed by atoms with Gasteiger partial charge in [0, 0.05) is 17.0 Å². The number of amidine groups is 1. The monoisotopic (exact) mass is 368 g/mol. The Morgan fingerprint density at radius 2 is 2.00 bits per heavy atom. The van der Waals surface area contributed by atoms with Crippen molar-refractivity contribution in [1.29, 1.82) is 0 Å². The Hall–Kier alpha value is -2.80. The quantitative estimate of drug-likeness (QED) is 0.813. The van der Waals surface area contributed by atoms with Gasteiger partial charge in [-0.3, -0.25) is 9.80 Å². The predicted molar refractivity (Wildman–Crippen MR) is 102 cm³/mol. The Labute approximate surface area is 155 Å². The number of para-hydroxylation sites is 1. The Morgan fingerprint density at radius 1 is 1.23 bits per heavy atom. The van der Waals surface area contributed by atoms with E-state index in [1.807, 2.05) is 24.3 Å². The number of nitrogens with zero attached hydrogens (tertiary/aromatic N) is 2. The Morgan fingerprint density at radius 3 is 2.77 bits per heavy atom. The van der Waals surface area contributed by atoms with Gasteiger partial charge in [-0.05, 0) is 23.8 Å². The van der Waals surface area contributed by atoms with E-state index >= 15 is 0 Å². The second-order valence-corrected chi connectivity index (χ2v) is 6.97. The molecule has 0 saturated heterocycles. The third-order valence-electron chi connectivity index (χ3n) is 4.29. The molecule has 2 aromatic carbocycles. The molecular weight excluding hydrogens is 351 g/mol. The summed E-state index contributed by atoms with van der Waals surface area (Å²) in [4.78, 5) is 12.8. The average molecular weight is 368 g/mol. The summed E-state index contributed by atoms with van der Waals surface area (Å²) in [5, 5.41) is 13.2. The van der Waals surface area contributed by atoms with Crippen LogP contribution in [0.15, 0.2) is 66.3 Å². The van der Waals surface area contributed by atoms with Crippen LogP contribution in [0, 0.1) is 5.82 Å². The second-order valence-electron chi connectivity index (χ2n) is 5.96. The van der Waals surface area contributed by atoms with Gasteiger partial charge >= 0.3 is 0 Å². The van der Waals surface area contributed by atoms with Gasteiger partial charge < -0.3 is 10.6 Å². The van der Waals surface area contributed by atoms with Crippen molar-refractivity contribution in [3.8, 4) is 0 Å². The van der Waals surface area contributed by atoms with Gasteiger partial charge in [-0.1, -0.05) is 48.2 Å². The smallest absolute Gasteiger partial charge is 0.255 e. The van der Waals surface area contributed by atoms with E-state index in [1.165, 1.54) is 23.9 Å². The number of halogens is 1. The third kappa shape index (κ3) is 2.94. The highest BCUT2D eigenvalue weighted by atomic mass is 32.2. The van der Waals surface area contributed by atoms with E-state index in [-0.39, 0.29) is 17.9 Å². The summed E-state index contributed by atoms with van der Waals surface area (Å²) >= 11 is 1.41. The Balaban J connectivity index is 1.79. The first-order valence-electron chi connectivity index (χ1n) is 8.20. The van der Waals surface area contributed by atoms with E-state index in [9.17, 15) is 9.18 Å². The normalized spacial score (nSPS) is 21.0. The van der Waals surface area contributed by atoms with E-state index in [4.69, 9.17) is 0 Å². The van der Waals surface area contributed by atoms with Crippen LogP contribution in [0.3, 0.4) is 0 Å². The molecule has 2 N–H and O–H groups in total. The SMILES string of the molecule is C=CCSC1=NN2[C@H](c3ccc(F)cc3)Nc3ccccc3[C@@H]2C(=O)N1. The maximum Gasteiger partial charge on any atom is 0.255 e. The van der Waals surface area contributed by atoms with E-state index < -0.39 is 6.04 Å². The molecule has 0 bridgehead atoms. The van der Waals surface area contributed by atoms with Gasteiger partial charge in [-0.2, -0.15) is 0 Å². The number of anilines is 1. The Bertz CT molecular complexity index is 883. The summed E-state index contributed by atoms with van der Waals surface area (Å²) < 4.78 is 13.4.